The number of benzene rings is 1. The first-order valence-electron chi connectivity index (χ1n) is 9.68. The fraction of sp³-hybridized carbons (Fsp3) is 0.650. The third-order valence-corrected chi connectivity index (χ3v) is 6.39. The highest BCUT2D eigenvalue weighted by Crippen LogP contribution is 2.46. The second-order valence-electron chi connectivity index (χ2n) is 7.90. The van der Waals surface area contributed by atoms with Crippen LogP contribution in [0.5, 0.6) is 0 Å². The van der Waals surface area contributed by atoms with Crippen molar-refractivity contribution < 1.29 is 9.90 Å². The molecule has 25 heavy (non-hydrogen) atoms. The lowest BCUT2D eigenvalue weighted by molar-refractivity contribution is 0.0826. The van der Waals surface area contributed by atoms with Crippen molar-refractivity contribution >= 4 is 6.03 Å². The minimum absolute atomic E-state index is 0.0296. The van der Waals surface area contributed by atoms with E-state index >= 15 is 0 Å². The van der Waals surface area contributed by atoms with Gasteiger partial charge in [-0.1, -0.05) is 30.7 Å². The first-order valence-corrected chi connectivity index (χ1v) is 9.68. The summed E-state index contributed by atoms with van der Waals surface area (Å²) in [5.74, 6) is 1.90. The summed E-state index contributed by atoms with van der Waals surface area (Å²) in [5, 5.41) is 12.2. The Hall–Kier alpha value is -1.59. The largest absolute Gasteiger partial charge is 0.392 e. The molecule has 2 saturated carbocycles. The highest BCUT2D eigenvalue weighted by Gasteiger charge is 2.42. The molecule has 136 valence electrons. The fourth-order valence-corrected chi connectivity index (χ4v) is 5.04. The van der Waals surface area contributed by atoms with Crippen LogP contribution in [0, 0.1) is 11.8 Å². The van der Waals surface area contributed by atoms with E-state index < -0.39 is 0 Å². The molecule has 3 aliphatic rings. The zero-order valence-electron chi connectivity index (χ0n) is 14.9. The Morgan fingerprint density at radius 1 is 1.12 bits per heavy atom. The number of piperazine rings is 1. The molecule has 3 fully saturated rings. The van der Waals surface area contributed by atoms with Gasteiger partial charge in [0.15, 0.2) is 0 Å². The summed E-state index contributed by atoms with van der Waals surface area (Å²) in [6, 6.07) is 8.54. The molecule has 1 heterocycles. The van der Waals surface area contributed by atoms with Gasteiger partial charge in [0.05, 0.1) is 6.61 Å². The average Bonchev–Trinajstić information content (AvgIpc) is 3.30. The Labute approximate surface area is 150 Å². The molecule has 1 saturated heterocycles. The Kier molecular flexibility index (Phi) is 4.95. The van der Waals surface area contributed by atoms with E-state index in [4.69, 9.17) is 0 Å². The molecule has 2 bridgehead atoms. The number of aliphatic hydroxyl groups excluding tert-OH is 1. The van der Waals surface area contributed by atoms with Crippen molar-refractivity contribution in [3.05, 3.63) is 35.4 Å². The molecule has 5 nitrogen and oxygen atoms in total. The summed E-state index contributed by atoms with van der Waals surface area (Å²) in [7, 11) is 0. The first kappa shape index (κ1) is 16.9. The van der Waals surface area contributed by atoms with Gasteiger partial charge in [-0.3, -0.25) is 4.90 Å². The van der Waals surface area contributed by atoms with E-state index in [1.165, 1.54) is 25.7 Å². The minimum Gasteiger partial charge on any atom is -0.392 e. The maximum atomic E-state index is 12.4. The standard InChI is InChI=1S/C20H29N3O2/c24-14-17-3-1-2-16(10-17)13-21-20(25)23-8-6-22(7-9-23)19-12-15-4-5-18(19)11-15/h1-3,10,15,18-19,24H,4-9,11-14H2,(H,21,25)/t15-,18+,19+/m0/s1. The van der Waals surface area contributed by atoms with Crippen LogP contribution < -0.4 is 5.32 Å². The summed E-state index contributed by atoms with van der Waals surface area (Å²) in [5.41, 5.74) is 1.91. The van der Waals surface area contributed by atoms with E-state index in [0.717, 1.165) is 55.2 Å². The number of nitrogens with zero attached hydrogens (tertiary/aromatic N) is 2. The molecule has 0 unspecified atom stereocenters. The molecule has 0 aromatic heterocycles. The number of carbonyl (C=O) groups is 1. The van der Waals surface area contributed by atoms with Crippen LogP contribution in [0.1, 0.15) is 36.8 Å². The van der Waals surface area contributed by atoms with Crippen molar-refractivity contribution in [2.75, 3.05) is 26.2 Å². The van der Waals surface area contributed by atoms with Gasteiger partial charge < -0.3 is 15.3 Å². The Bertz CT molecular complexity index is 613. The zero-order chi connectivity index (χ0) is 17.2. The Balaban J connectivity index is 1.24. The molecular formula is C20H29N3O2. The monoisotopic (exact) mass is 343 g/mol. The molecule has 0 radical (unpaired) electrons. The van der Waals surface area contributed by atoms with Gasteiger partial charge in [-0.25, -0.2) is 4.79 Å². The van der Waals surface area contributed by atoms with Gasteiger partial charge in [0.1, 0.15) is 0 Å². The SMILES string of the molecule is O=C(NCc1cccc(CO)c1)N1CCN([C@@H]2C[C@H]3CC[C@@H]2C3)CC1. The van der Waals surface area contributed by atoms with Gasteiger partial charge in [0.2, 0.25) is 0 Å². The number of rotatable bonds is 4. The van der Waals surface area contributed by atoms with Crippen molar-refractivity contribution in [2.45, 2.75) is 44.9 Å². The van der Waals surface area contributed by atoms with Crippen LogP contribution in [-0.4, -0.2) is 53.2 Å². The molecule has 1 aliphatic heterocycles. The maximum absolute atomic E-state index is 12.4. The normalized spacial score (nSPS) is 29.2. The molecule has 2 N–H and O–H groups in total. The molecular weight excluding hydrogens is 314 g/mol. The predicted molar refractivity (Wildman–Crippen MR) is 97.0 cm³/mol. The van der Waals surface area contributed by atoms with E-state index in [9.17, 15) is 9.90 Å². The number of aliphatic hydroxyl groups is 1. The Morgan fingerprint density at radius 2 is 1.92 bits per heavy atom. The van der Waals surface area contributed by atoms with Crippen LogP contribution in [0.3, 0.4) is 0 Å². The van der Waals surface area contributed by atoms with E-state index in [2.05, 4.69) is 10.2 Å². The maximum Gasteiger partial charge on any atom is 0.317 e. The number of urea groups is 1. The smallest absolute Gasteiger partial charge is 0.317 e. The lowest BCUT2D eigenvalue weighted by atomic mass is 9.93. The Morgan fingerprint density at radius 3 is 2.60 bits per heavy atom. The summed E-state index contributed by atoms with van der Waals surface area (Å²) in [4.78, 5) is 17.0. The van der Waals surface area contributed by atoms with E-state index in [-0.39, 0.29) is 12.6 Å². The van der Waals surface area contributed by atoms with Crippen LogP contribution in [0.2, 0.25) is 0 Å². The molecule has 2 aliphatic carbocycles. The topological polar surface area (TPSA) is 55.8 Å². The van der Waals surface area contributed by atoms with E-state index in [1.807, 2.05) is 29.2 Å². The van der Waals surface area contributed by atoms with Gasteiger partial charge >= 0.3 is 6.03 Å². The number of hydrogen-bond donors (Lipinski definition) is 2. The van der Waals surface area contributed by atoms with Crippen LogP contribution >= 0.6 is 0 Å². The predicted octanol–water partition coefficient (Wildman–Crippen LogP) is 2.19. The summed E-state index contributed by atoms with van der Waals surface area (Å²) < 4.78 is 0. The zero-order valence-corrected chi connectivity index (χ0v) is 14.9. The number of carbonyl (C=O) groups excluding carboxylic acids is 1. The molecule has 5 heteroatoms. The number of nitrogens with one attached hydrogen (secondary N) is 1. The van der Waals surface area contributed by atoms with E-state index in [0.29, 0.717) is 6.54 Å². The van der Waals surface area contributed by atoms with Crippen LogP contribution in [0.4, 0.5) is 4.79 Å². The van der Waals surface area contributed by atoms with Crippen molar-refractivity contribution in [2.24, 2.45) is 11.8 Å². The van der Waals surface area contributed by atoms with Crippen LogP contribution in [0.15, 0.2) is 24.3 Å². The van der Waals surface area contributed by atoms with Crippen molar-refractivity contribution in [1.29, 1.82) is 0 Å². The quantitative estimate of drug-likeness (QED) is 0.881. The van der Waals surface area contributed by atoms with Crippen molar-refractivity contribution in [1.82, 2.24) is 15.1 Å². The second-order valence-corrected chi connectivity index (χ2v) is 7.90. The lowest BCUT2D eigenvalue weighted by Crippen LogP contribution is -2.55. The molecule has 2 amide bonds. The summed E-state index contributed by atoms with van der Waals surface area (Å²) in [6.07, 6.45) is 5.69. The van der Waals surface area contributed by atoms with Gasteiger partial charge in [-0.05, 0) is 42.2 Å². The molecule has 4 rings (SSSR count). The van der Waals surface area contributed by atoms with Gasteiger partial charge in [0.25, 0.3) is 0 Å². The fourth-order valence-electron chi connectivity index (χ4n) is 5.04. The van der Waals surface area contributed by atoms with Crippen LogP contribution in [-0.2, 0) is 13.2 Å². The highest BCUT2D eigenvalue weighted by molar-refractivity contribution is 5.74. The van der Waals surface area contributed by atoms with Gasteiger partial charge in [-0.15, -0.1) is 0 Å². The third kappa shape index (κ3) is 3.67. The highest BCUT2D eigenvalue weighted by atomic mass is 16.3. The van der Waals surface area contributed by atoms with Gasteiger partial charge in [0, 0.05) is 38.8 Å². The minimum atomic E-state index is 0.0296. The summed E-state index contributed by atoms with van der Waals surface area (Å²) >= 11 is 0. The molecule has 3 atom stereocenters. The number of amides is 2. The number of fused-ring (bicyclic) bond motifs is 2. The van der Waals surface area contributed by atoms with Crippen molar-refractivity contribution in [3.8, 4) is 0 Å². The number of hydrogen-bond acceptors (Lipinski definition) is 3. The molecule has 1 aromatic carbocycles. The molecule has 1 aromatic rings. The second kappa shape index (κ2) is 7.34. The lowest BCUT2D eigenvalue weighted by Gasteiger charge is -2.41. The van der Waals surface area contributed by atoms with Crippen molar-refractivity contribution in [3.63, 3.8) is 0 Å². The van der Waals surface area contributed by atoms with Gasteiger partial charge in [-0.2, -0.15) is 0 Å². The van der Waals surface area contributed by atoms with Crippen LogP contribution in [0.25, 0.3) is 0 Å². The first-order chi connectivity index (χ1) is 12.2. The summed E-state index contributed by atoms with van der Waals surface area (Å²) in [6.45, 7) is 4.24. The van der Waals surface area contributed by atoms with E-state index in [1.54, 1.807) is 0 Å². The molecule has 0 spiro atoms. The third-order valence-electron chi connectivity index (χ3n) is 6.39. The average molecular weight is 343 g/mol.